The van der Waals surface area contributed by atoms with Crippen molar-refractivity contribution in [1.82, 2.24) is 24.7 Å². The van der Waals surface area contributed by atoms with Crippen LogP contribution in [0.2, 0.25) is 5.02 Å². The summed E-state index contributed by atoms with van der Waals surface area (Å²) in [4.78, 5) is 22.3. The number of hydrogen-bond donors (Lipinski definition) is 1. The Morgan fingerprint density at radius 1 is 1.10 bits per heavy atom. The van der Waals surface area contributed by atoms with Crippen molar-refractivity contribution in [2.24, 2.45) is 0 Å². The molecule has 2 aromatic carbocycles. The van der Waals surface area contributed by atoms with E-state index in [1.165, 1.54) is 11.8 Å². The summed E-state index contributed by atoms with van der Waals surface area (Å²) < 4.78 is 2.04. The third kappa shape index (κ3) is 3.93. The number of nitrogens with one attached hydrogen (secondary N) is 1. The van der Waals surface area contributed by atoms with E-state index >= 15 is 0 Å². The molecule has 9 heteroatoms. The van der Waals surface area contributed by atoms with E-state index in [9.17, 15) is 4.79 Å². The number of thioether (sulfide) groups is 1. The Kier molecular flexibility index (Phi) is 5.41. The number of benzene rings is 2. The Labute approximate surface area is 188 Å². The second-order valence-corrected chi connectivity index (χ2v) is 9.26. The van der Waals surface area contributed by atoms with Crippen molar-refractivity contribution < 1.29 is 0 Å². The lowest BCUT2D eigenvalue weighted by Gasteiger charge is -2.19. The minimum Gasteiger partial charge on any atom is -0.341 e. The molecule has 0 bridgehead atoms. The van der Waals surface area contributed by atoms with Gasteiger partial charge in [0.25, 0.3) is 5.56 Å². The molecule has 0 radical (unpaired) electrons. The summed E-state index contributed by atoms with van der Waals surface area (Å²) in [6.07, 6.45) is 2.28. The van der Waals surface area contributed by atoms with Gasteiger partial charge in [-0.3, -0.25) is 9.36 Å². The predicted molar refractivity (Wildman–Crippen MR) is 124 cm³/mol. The fourth-order valence-electron chi connectivity index (χ4n) is 3.81. The van der Waals surface area contributed by atoms with Gasteiger partial charge in [0, 0.05) is 18.1 Å². The summed E-state index contributed by atoms with van der Waals surface area (Å²) in [5.74, 6) is 1.42. The first-order valence-corrected chi connectivity index (χ1v) is 11.5. The van der Waals surface area contributed by atoms with Crippen LogP contribution in [0.1, 0.15) is 30.8 Å². The van der Waals surface area contributed by atoms with Gasteiger partial charge in [0.15, 0.2) is 5.16 Å². The van der Waals surface area contributed by atoms with Crippen LogP contribution in [0, 0.1) is 0 Å². The van der Waals surface area contributed by atoms with E-state index in [0.717, 1.165) is 42.7 Å². The number of aromatic nitrogens is 5. The zero-order valence-electron chi connectivity index (χ0n) is 17.0. The zero-order chi connectivity index (χ0) is 21.4. The second kappa shape index (κ2) is 8.36. The van der Waals surface area contributed by atoms with Crippen molar-refractivity contribution in [3.63, 3.8) is 0 Å². The minimum atomic E-state index is -0.137. The van der Waals surface area contributed by atoms with Gasteiger partial charge in [0.05, 0.1) is 21.8 Å². The highest BCUT2D eigenvalue weighted by Crippen LogP contribution is 2.36. The Bertz CT molecular complexity index is 1300. The van der Waals surface area contributed by atoms with Gasteiger partial charge in [0.2, 0.25) is 5.95 Å². The lowest BCUT2D eigenvalue weighted by Crippen LogP contribution is -2.22. The number of para-hydroxylation sites is 1. The SMILES string of the molecule is C[C@H](Sc1nnc(N2CCCC2)n1-c1cccc(Cl)c1)c1nc2ccccc2c(=O)[nH]1. The maximum Gasteiger partial charge on any atom is 0.258 e. The van der Waals surface area contributed by atoms with Gasteiger partial charge in [-0.2, -0.15) is 0 Å². The average Bonchev–Trinajstić information content (AvgIpc) is 3.43. The average molecular weight is 453 g/mol. The number of rotatable bonds is 5. The van der Waals surface area contributed by atoms with Gasteiger partial charge in [-0.15, -0.1) is 10.2 Å². The molecule has 1 fully saturated rings. The van der Waals surface area contributed by atoms with Gasteiger partial charge < -0.3 is 9.88 Å². The number of H-pyrrole nitrogens is 1. The molecular formula is C22H21ClN6OS. The second-order valence-electron chi connectivity index (χ2n) is 7.52. The van der Waals surface area contributed by atoms with Gasteiger partial charge >= 0.3 is 0 Å². The molecule has 31 heavy (non-hydrogen) atoms. The molecular weight excluding hydrogens is 432 g/mol. The molecule has 0 amide bonds. The first-order valence-electron chi connectivity index (χ1n) is 10.2. The number of anilines is 1. The van der Waals surface area contributed by atoms with Gasteiger partial charge in [-0.25, -0.2) is 4.98 Å². The third-order valence-electron chi connectivity index (χ3n) is 5.37. The van der Waals surface area contributed by atoms with Gasteiger partial charge in [0.1, 0.15) is 5.82 Å². The molecule has 3 heterocycles. The van der Waals surface area contributed by atoms with Crippen LogP contribution in [-0.4, -0.2) is 37.8 Å². The number of aromatic amines is 1. The summed E-state index contributed by atoms with van der Waals surface area (Å²) in [6, 6.07) is 15.0. The molecule has 0 aliphatic carbocycles. The van der Waals surface area contributed by atoms with E-state index in [0.29, 0.717) is 21.7 Å². The molecule has 158 valence electrons. The van der Waals surface area contributed by atoms with Crippen molar-refractivity contribution >= 4 is 40.2 Å². The number of nitrogens with zero attached hydrogens (tertiary/aromatic N) is 5. The van der Waals surface area contributed by atoms with Crippen molar-refractivity contribution in [3.8, 4) is 5.69 Å². The molecule has 5 rings (SSSR count). The largest absolute Gasteiger partial charge is 0.341 e. The third-order valence-corrected chi connectivity index (χ3v) is 6.66. The maximum absolute atomic E-state index is 12.5. The highest BCUT2D eigenvalue weighted by atomic mass is 35.5. The van der Waals surface area contributed by atoms with Crippen LogP contribution in [0.5, 0.6) is 0 Å². The Hall–Kier alpha value is -2.84. The Balaban J connectivity index is 1.54. The van der Waals surface area contributed by atoms with E-state index in [1.54, 1.807) is 6.07 Å². The van der Waals surface area contributed by atoms with Gasteiger partial charge in [-0.05, 0) is 50.1 Å². The van der Waals surface area contributed by atoms with Crippen molar-refractivity contribution in [1.29, 1.82) is 0 Å². The van der Waals surface area contributed by atoms with Crippen molar-refractivity contribution in [2.75, 3.05) is 18.0 Å². The van der Waals surface area contributed by atoms with Crippen LogP contribution < -0.4 is 10.5 Å². The molecule has 0 unspecified atom stereocenters. The van der Waals surface area contributed by atoms with Gasteiger partial charge in [-0.1, -0.05) is 41.6 Å². The highest BCUT2D eigenvalue weighted by molar-refractivity contribution is 7.99. The lowest BCUT2D eigenvalue weighted by atomic mass is 10.2. The fourth-order valence-corrected chi connectivity index (χ4v) is 4.92. The van der Waals surface area contributed by atoms with E-state index in [4.69, 9.17) is 11.6 Å². The van der Waals surface area contributed by atoms with Crippen LogP contribution in [0.4, 0.5) is 5.95 Å². The monoisotopic (exact) mass is 452 g/mol. The molecule has 1 N–H and O–H groups in total. The van der Waals surface area contributed by atoms with Crippen LogP contribution in [-0.2, 0) is 0 Å². The van der Waals surface area contributed by atoms with Crippen molar-refractivity contribution in [2.45, 2.75) is 30.2 Å². The first-order chi connectivity index (χ1) is 15.1. The van der Waals surface area contributed by atoms with Crippen molar-refractivity contribution in [3.05, 3.63) is 69.7 Å². The topological polar surface area (TPSA) is 79.7 Å². The highest BCUT2D eigenvalue weighted by Gasteiger charge is 2.24. The van der Waals surface area contributed by atoms with E-state index < -0.39 is 0 Å². The smallest absolute Gasteiger partial charge is 0.258 e. The summed E-state index contributed by atoms with van der Waals surface area (Å²) in [7, 11) is 0. The number of halogens is 1. The van der Waals surface area contributed by atoms with E-state index in [2.05, 4.69) is 25.1 Å². The predicted octanol–water partition coefficient (Wildman–Crippen LogP) is 4.61. The molecule has 1 atom stereocenters. The number of fused-ring (bicyclic) bond motifs is 1. The molecule has 1 saturated heterocycles. The molecule has 4 aromatic rings. The number of hydrogen-bond acceptors (Lipinski definition) is 6. The first kappa shape index (κ1) is 20.1. The molecule has 1 aliphatic rings. The normalized spacial score (nSPS) is 15.0. The lowest BCUT2D eigenvalue weighted by molar-refractivity contribution is 0.834. The quantitative estimate of drug-likeness (QED) is 0.445. The Morgan fingerprint density at radius 3 is 2.71 bits per heavy atom. The van der Waals surface area contributed by atoms with E-state index in [-0.39, 0.29) is 10.8 Å². The minimum absolute atomic E-state index is 0.133. The molecule has 0 spiro atoms. The Morgan fingerprint density at radius 2 is 1.90 bits per heavy atom. The molecule has 2 aromatic heterocycles. The van der Waals surface area contributed by atoms with Crippen LogP contribution in [0.3, 0.4) is 0 Å². The molecule has 7 nitrogen and oxygen atoms in total. The summed E-state index contributed by atoms with van der Waals surface area (Å²) >= 11 is 7.78. The molecule has 0 saturated carbocycles. The van der Waals surface area contributed by atoms with Crippen LogP contribution >= 0.6 is 23.4 Å². The summed E-state index contributed by atoms with van der Waals surface area (Å²) in [6.45, 7) is 3.92. The molecule has 1 aliphatic heterocycles. The van der Waals surface area contributed by atoms with E-state index in [1.807, 2.05) is 54.0 Å². The standard InChI is InChI=1S/C22H21ClN6OS/c1-14(19-24-18-10-3-2-9-17(18)20(30)25-19)31-22-27-26-21(28-11-4-5-12-28)29(22)16-8-6-7-15(23)13-16/h2-3,6-10,13-14H,4-5,11-12H2,1H3,(H,24,25,30)/t14-/m0/s1. The van der Waals surface area contributed by atoms with Crippen LogP contribution in [0.25, 0.3) is 16.6 Å². The fraction of sp³-hybridized carbons (Fsp3) is 0.273. The zero-order valence-corrected chi connectivity index (χ0v) is 18.5. The summed E-state index contributed by atoms with van der Waals surface area (Å²) in [5.41, 5.74) is 1.46. The van der Waals surface area contributed by atoms with Crippen LogP contribution in [0.15, 0.2) is 58.5 Å². The maximum atomic E-state index is 12.5. The summed E-state index contributed by atoms with van der Waals surface area (Å²) in [5, 5.41) is 10.8.